The smallest absolute Gasteiger partial charge is 0.161 e. The second kappa shape index (κ2) is 9.54. The van der Waals surface area contributed by atoms with E-state index in [1.807, 2.05) is 74.5 Å². The molecule has 0 spiro atoms. The number of hydrazone groups is 1. The monoisotopic (exact) mass is 497 g/mol. The molecule has 0 unspecified atom stereocenters. The highest BCUT2D eigenvalue weighted by molar-refractivity contribution is 9.10. The molecule has 0 saturated heterocycles. The van der Waals surface area contributed by atoms with Crippen molar-refractivity contribution in [3.8, 4) is 11.5 Å². The summed E-state index contributed by atoms with van der Waals surface area (Å²) >= 11 is 9.62. The minimum Gasteiger partial charge on any atom is -0.490 e. The van der Waals surface area contributed by atoms with Gasteiger partial charge in [-0.3, -0.25) is 5.43 Å². The molecule has 1 N–H and O–H groups in total. The summed E-state index contributed by atoms with van der Waals surface area (Å²) in [6, 6.07) is 19.3. The first-order valence-corrected chi connectivity index (χ1v) is 11.1. The molecule has 1 aliphatic heterocycles. The van der Waals surface area contributed by atoms with Crippen LogP contribution in [0.4, 0.5) is 5.69 Å². The molecule has 0 amide bonds. The largest absolute Gasteiger partial charge is 0.490 e. The highest BCUT2D eigenvalue weighted by Crippen LogP contribution is 2.33. The van der Waals surface area contributed by atoms with Gasteiger partial charge in [0.05, 0.1) is 18.9 Å². The second-order valence-electron chi connectivity index (χ2n) is 6.73. The third-order valence-electron chi connectivity index (χ3n) is 4.65. The molecule has 0 fully saturated rings. The van der Waals surface area contributed by atoms with E-state index in [4.69, 9.17) is 31.2 Å². The van der Waals surface area contributed by atoms with Gasteiger partial charge >= 0.3 is 0 Å². The average molecular weight is 499 g/mol. The van der Waals surface area contributed by atoms with E-state index in [2.05, 4.69) is 21.4 Å². The molecule has 158 valence electrons. The van der Waals surface area contributed by atoms with E-state index in [9.17, 15) is 0 Å². The predicted molar refractivity (Wildman–Crippen MR) is 129 cm³/mol. The van der Waals surface area contributed by atoms with Gasteiger partial charge in [-0.25, -0.2) is 4.99 Å². The van der Waals surface area contributed by atoms with Crippen molar-refractivity contribution in [3.05, 3.63) is 86.8 Å². The lowest BCUT2D eigenvalue weighted by atomic mass is 10.0. The number of rotatable bonds is 6. The molecule has 0 atom stereocenters. The number of fused-ring (bicyclic) bond motifs is 1. The van der Waals surface area contributed by atoms with Gasteiger partial charge in [-0.15, -0.1) is 0 Å². The van der Waals surface area contributed by atoms with Gasteiger partial charge in [-0.1, -0.05) is 27.5 Å². The van der Waals surface area contributed by atoms with Crippen LogP contribution in [0.1, 0.15) is 30.5 Å². The van der Waals surface area contributed by atoms with E-state index in [-0.39, 0.29) is 0 Å². The number of hydrogen-bond acceptors (Lipinski definition) is 5. The van der Waals surface area contributed by atoms with Crippen molar-refractivity contribution in [3.63, 3.8) is 0 Å². The molecule has 3 aromatic rings. The lowest BCUT2D eigenvalue weighted by molar-refractivity contribution is 0.287. The summed E-state index contributed by atoms with van der Waals surface area (Å²) in [7, 11) is 0. The van der Waals surface area contributed by atoms with Crippen molar-refractivity contribution in [2.75, 3.05) is 13.2 Å². The van der Waals surface area contributed by atoms with Crippen molar-refractivity contribution < 1.29 is 9.47 Å². The molecule has 3 aromatic carbocycles. The van der Waals surface area contributed by atoms with Crippen LogP contribution in [-0.2, 0) is 0 Å². The van der Waals surface area contributed by atoms with Gasteiger partial charge in [-0.2, -0.15) is 5.10 Å². The normalized spacial score (nSPS) is 12.8. The Morgan fingerprint density at radius 3 is 2.32 bits per heavy atom. The van der Waals surface area contributed by atoms with Crippen molar-refractivity contribution >= 4 is 44.8 Å². The van der Waals surface area contributed by atoms with E-state index in [0.717, 1.165) is 32.6 Å². The summed E-state index contributed by atoms with van der Waals surface area (Å²) in [5.41, 5.74) is 7.39. The van der Waals surface area contributed by atoms with Crippen LogP contribution in [0.15, 0.2) is 75.2 Å². The average Bonchev–Trinajstić information content (AvgIpc) is 2.95. The van der Waals surface area contributed by atoms with Gasteiger partial charge in [0.15, 0.2) is 17.3 Å². The van der Waals surface area contributed by atoms with Crippen LogP contribution in [0.5, 0.6) is 11.5 Å². The van der Waals surface area contributed by atoms with E-state index in [1.54, 1.807) is 0 Å². The molecule has 1 heterocycles. The Kier molecular flexibility index (Phi) is 6.59. The minimum absolute atomic E-state index is 0.542. The molecule has 31 heavy (non-hydrogen) atoms. The highest BCUT2D eigenvalue weighted by Gasteiger charge is 2.19. The predicted octanol–water partition coefficient (Wildman–Crippen LogP) is 6.33. The van der Waals surface area contributed by atoms with E-state index in [1.165, 1.54) is 0 Å². The van der Waals surface area contributed by atoms with Crippen LogP contribution in [-0.4, -0.2) is 24.8 Å². The Morgan fingerprint density at radius 2 is 1.58 bits per heavy atom. The van der Waals surface area contributed by atoms with Crippen LogP contribution in [0.2, 0.25) is 5.02 Å². The van der Waals surface area contributed by atoms with Crippen LogP contribution in [0, 0.1) is 0 Å². The van der Waals surface area contributed by atoms with Crippen molar-refractivity contribution in [2.24, 2.45) is 10.1 Å². The number of nitrogens with zero attached hydrogens (tertiary/aromatic N) is 2. The molecule has 7 heteroatoms. The van der Waals surface area contributed by atoms with Crippen molar-refractivity contribution in [2.45, 2.75) is 13.8 Å². The maximum Gasteiger partial charge on any atom is 0.161 e. The molecule has 4 rings (SSSR count). The van der Waals surface area contributed by atoms with Gasteiger partial charge in [0.1, 0.15) is 5.71 Å². The molecule has 0 radical (unpaired) electrons. The third kappa shape index (κ3) is 4.75. The molecule has 5 nitrogen and oxygen atoms in total. The Balaban J connectivity index is 1.82. The maximum atomic E-state index is 6.05. The summed E-state index contributed by atoms with van der Waals surface area (Å²) in [6.07, 6.45) is 0. The van der Waals surface area contributed by atoms with Crippen LogP contribution in [0.25, 0.3) is 0 Å². The van der Waals surface area contributed by atoms with E-state index in [0.29, 0.717) is 35.6 Å². The SMILES string of the molecule is CCOc1ccc(C2=NNC(c3ccc(Cl)cc3)=Nc3ccc(Br)cc32)cc1OCC. The summed E-state index contributed by atoms with van der Waals surface area (Å²) in [5.74, 6) is 2.04. The highest BCUT2D eigenvalue weighted by atomic mass is 79.9. The first kappa shape index (κ1) is 21.4. The Morgan fingerprint density at radius 1 is 0.871 bits per heavy atom. The third-order valence-corrected chi connectivity index (χ3v) is 5.40. The Bertz CT molecular complexity index is 1160. The Labute approximate surface area is 194 Å². The zero-order chi connectivity index (χ0) is 21.8. The van der Waals surface area contributed by atoms with Crippen LogP contribution >= 0.6 is 27.5 Å². The fourth-order valence-corrected chi connectivity index (χ4v) is 3.75. The number of aliphatic imine (C=N–C) groups is 1. The Hall–Kier alpha value is -2.83. The van der Waals surface area contributed by atoms with E-state index < -0.39 is 0 Å². The number of nitrogens with one attached hydrogen (secondary N) is 1. The van der Waals surface area contributed by atoms with Gasteiger partial charge in [-0.05, 0) is 74.5 Å². The molecule has 0 saturated carbocycles. The number of benzene rings is 3. The van der Waals surface area contributed by atoms with Gasteiger partial charge in [0, 0.05) is 26.2 Å². The minimum atomic E-state index is 0.542. The lowest BCUT2D eigenvalue weighted by Gasteiger charge is -2.14. The second-order valence-corrected chi connectivity index (χ2v) is 8.08. The molecule has 1 aliphatic rings. The summed E-state index contributed by atoms with van der Waals surface area (Å²) in [5, 5.41) is 5.39. The fourth-order valence-electron chi connectivity index (χ4n) is 3.27. The lowest BCUT2D eigenvalue weighted by Crippen LogP contribution is -2.19. The number of hydrogen-bond donors (Lipinski definition) is 1. The zero-order valence-electron chi connectivity index (χ0n) is 17.2. The summed E-state index contributed by atoms with van der Waals surface area (Å²) in [6.45, 7) is 5.01. The van der Waals surface area contributed by atoms with Crippen LogP contribution < -0.4 is 14.9 Å². The topological polar surface area (TPSA) is 55.2 Å². The van der Waals surface area contributed by atoms with Gasteiger partial charge in [0.2, 0.25) is 0 Å². The van der Waals surface area contributed by atoms with Gasteiger partial charge < -0.3 is 9.47 Å². The number of ether oxygens (including phenoxy) is 2. The zero-order valence-corrected chi connectivity index (χ0v) is 19.5. The molecular formula is C24H21BrClN3O2. The van der Waals surface area contributed by atoms with Crippen molar-refractivity contribution in [1.82, 2.24) is 5.43 Å². The molecular weight excluding hydrogens is 478 g/mol. The van der Waals surface area contributed by atoms with E-state index >= 15 is 0 Å². The molecule has 0 aliphatic carbocycles. The first-order chi connectivity index (χ1) is 15.1. The quantitative estimate of drug-likeness (QED) is 0.432. The number of halogens is 2. The molecule has 0 aromatic heterocycles. The van der Waals surface area contributed by atoms with Crippen LogP contribution in [0.3, 0.4) is 0 Å². The fraction of sp³-hybridized carbons (Fsp3) is 0.167. The first-order valence-electron chi connectivity index (χ1n) is 9.97. The van der Waals surface area contributed by atoms with Gasteiger partial charge in [0.25, 0.3) is 0 Å². The van der Waals surface area contributed by atoms with Crippen molar-refractivity contribution in [1.29, 1.82) is 0 Å². The number of amidine groups is 1. The maximum absolute atomic E-state index is 6.05. The standard InChI is InChI=1S/C24H21BrClN3O2/c1-3-30-21-12-7-16(13-22(21)31-4-2)23-19-14-17(25)8-11-20(19)27-24(29-28-23)15-5-9-18(26)10-6-15/h5-14H,3-4H2,1-2H3,(H,27,29). The summed E-state index contributed by atoms with van der Waals surface area (Å²) in [4.78, 5) is 4.83. The molecule has 0 bridgehead atoms. The summed E-state index contributed by atoms with van der Waals surface area (Å²) < 4.78 is 12.5.